The van der Waals surface area contributed by atoms with Crippen LogP contribution >= 0.6 is 11.6 Å². The van der Waals surface area contributed by atoms with Gasteiger partial charge in [0, 0.05) is 18.6 Å². The van der Waals surface area contributed by atoms with E-state index in [9.17, 15) is 0 Å². The van der Waals surface area contributed by atoms with Crippen LogP contribution in [0.2, 0.25) is 0 Å². The molecule has 1 fully saturated rings. The van der Waals surface area contributed by atoms with Crippen molar-refractivity contribution in [3.8, 4) is 0 Å². The lowest BCUT2D eigenvalue weighted by Crippen LogP contribution is -2.24. The molecule has 1 unspecified atom stereocenters. The van der Waals surface area contributed by atoms with Crippen LogP contribution in [0.5, 0.6) is 0 Å². The Morgan fingerprint density at radius 1 is 1.75 bits per heavy atom. The molecule has 1 aliphatic heterocycles. The highest BCUT2D eigenvalue weighted by Gasteiger charge is 2.20. The second-order valence-electron chi connectivity index (χ2n) is 3.58. The van der Waals surface area contributed by atoms with Crippen molar-refractivity contribution >= 4 is 11.6 Å². The Kier molecular flexibility index (Phi) is 4.06. The zero-order valence-corrected chi connectivity index (χ0v) is 8.35. The monoisotopic (exact) mass is 188 g/mol. The standard InChI is InChI=1S/C9H17ClN2/c1-8(4-10)6-12-3-2-9(5-11)7-12/h4,9H,2-3,5-7,11H2,1H3/b8-4+. The predicted octanol–water partition coefficient (Wildman–Crippen LogP) is 1.41. The summed E-state index contributed by atoms with van der Waals surface area (Å²) < 4.78 is 0. The fourth-order valence-corrected chi connectivity index (χ4v) is 1.71. The van der Waals surface area contributed by atoms with Crippen LogP contribution in [0.4, 0.5) is 0 Å². The molecule has 2 N–H and O–H groups in total. The van der Waals surface area contributed by atoms with E-state index in [2.05, 4.69) is 11.8 Å². The lowest BCUT2D eigenvalue weighted by molar-refractivity contribution is 0.353. The highest BCUT2D eigenvalue weighted by Crippen LogP contribution is 2.15. The van der Waals surface area contributed by atoms with E-state index in [0.717, 1.165) is 19.6 Å². The molecule has 1 heterocycles. The quantitative estimate of drug-likeness (QED) is 0.726. The van der Waals surface area contributed by atoms with E-state index in [1.54, 1.807) is 5.54 Å². The van der Waals surface area contributed by atoms with Crippen molar-refractivity contribution < 1.29 is 0 Å². The molecule has 0 saturated carbocycles. The zero-order chi connectivity index (χ0) is 8.97. The fourth-order valence-electron chi connectivity index (χ4n) is 1.64. The van der Waals surface area contributed by atoms with E-state index in [1.165, 1.54) is 18.5 Å². The van der Waals surface area contributed by atoms with Crippen molar-refractivity contribution in [3.63, 3.8) is 0 Å². The van der Waals surface area contributed by atoms with Crippen molar-refractivity contribution in [2.45, 2.75) is 13.3 Å². The van der Waals surface area contributed by atoms with Crippen LogP contribution in [-0.4, -0.2) is 31.1 Å². The average Bonchev–Trinajstić information content (AvgIpc) is 2.52. The molecule has 0 aromatic rings. The normalized spacial score (nSPS) is 26.6. The number of likely N-dealkylation sites (tertiary alicyclic amines) is 1. The number of nitrogens with zero attached hydrogens (tertiary/aromatic N) is 1. The summed E-state index contributed by atoms with van der Waals surface area (Å²) in [6.45, 7) is 6.19. The molecule has 2 nitrogen and oxygen atoms in total. The molecule has 0 bridgehead atoms. The first-order chi connectivity index (χ1) is 5.76. The number of hydrogen-bond donors (Lipinski definition) is 1. The maximum atomic E-state index is 5.59. The van der Waals surface area contributed by atoms with Crippen LogP contribution in [0.1, 0.15) is 13.3 Å². The molecule has 70 valence electrons. The summed E-state index contributed by atoms with van der Waals surface area (Å²) in [7, 11) is 0. The van der Waals surface area contributed by atoms with Gasteiger partial charge < -0.3 is 5.73 Å². The van der Waals surface area contributed by atoms with Gasteiger partial charge in [-0.15, -0.1) is 0 Å². The van der Waals surface area contributed by atoms with E-state index < -0.39 is 0 Å². The van der Waals surface area contributed by atoms with Gasteiger partial charge in [0.25, 0.3) is 0 Å². The molecular formula is C9H17ClN2. The summed E-state index contributed by atoms with van der Waals surface area (Å²) in [6, 6.07) is 0. The van der Waals surface area contributed by atoms with Crippen LogP contribution in [0.15, 0.2) is 11.1 Å². The Labute approximate surface area is 79.4 Å². The third-order valence-electron chi connectivity index (χ3n) is 2.36. The van der Waals surface area contributed by atoms with Gasteiger partial charge in [-0.05, 0) is 37.9 Å². The molecule has 0 amide bonds. The molecular weight excluding hydrogens is 172 g/mol. The van der Waals surface area contributed by atoms with E-state index in [4.69, 9.17) is 17.3 Å². The Balaban J connectivity index is 2.28. The molecule has 0 aromatic carbocycles. The Hall–Kier alpha value is -0.0500. The SMILES string of the molecule is C/C(=C\Cl)CN1CCC(CN)C1. The average molecular weight is 189 g/mol. The van der Waals surface area contributed by atoms with Crippen molar-refractivity contribution in [1.82, 2.24) is 4.90 Å². The van der Waals surface area contributed by atoms with Crippen molar-refractivity contribution in [1.29, 1.82) is 0 Å². The van der Waals surface area contributed by atoms with Crippen LogP contribution < -0.4 is 5.73 Å². The first-order valence-corrected chi connectivity index (χ1v) is 4.88. The van der Waals surface area contributed by atoms with Gasteiger partial charge in [-0.3, -0.25) is 4.90 Å². The minimum absolute atomic E-state index is 0.702. The van der Waals surface area contributed by atoms with Gasteiger partial charge in [0.2, 0.25) is 0 Å². The molecule has 1 aliphatic rings. The van der Waals surface area contributed by atoms with Gasteiger partial charge >= 0.3 is 0 Å². The minimum atomic E-state index is 0.702. The lowest BCUT2D eigenvalue weighted by atomic mass is 10.1. The van der Waals surface area contributed by atoms with Crippen molar-refractivity contribution in [2.75, 3.05) is 26.2 Å². The number of halogens is 1. The fraction of sp³-hybridized carbons (Fsp3) is 0.778. The summed E-state index contributed by atoms with van der Waals surface area (Å²) >= 11 is 5.59. The molecule has 0 aliphatic carbocycles. The third-order valence-corrected chi connectivity index (χ3v) is 2.74. The first kappa shape index (κ1) is 10.0. The second kappa shape index (κ2) is 4.85. The summed E-state index contributed by atoms with van der Waals surface area (Å²) in [6.07, 6.45) is 1.24. The van der Waals surface area contributed by atoms with Crippen LogP contribution in [0.3, 0.4) is 0 Å². The summed E-state index contributed by atoms with van der Waals surface area (Å²) in [5.41, 5.74) is 8.49. The number of rotatable bonds is 3. The van der Waals surface area contributed by atoms with Crippen LogP contribution in [0, 0.1) is 5.92 Å². The Bertz CT molecular complexity index is 168. The molecule has 0 aromatic heterocycles. The van der Waals surface area contributed by atoms with Crippen molar-refractivity contribution in [2.24, 2.45) is 11.7 Å². The minimum Gasteiger partial charge on any atom is -0.330 e. The summed E-state index contributed by atoms with van der Waals surface area (Å²) in [5.74, 6) is 0.702. The molecule has 3 heteroatoms. The lowest BCUT2D eigenvalue weighted by Gasteiger charge is -2.15. The predicted molar refractivity (Wildman–Crippen MR) is 53.2 cm³/mol. The van der Waals surface area contributed by atoms with Gasteiger partial charge in [0.05, 0.1) is 0 Å². The highest BCUT2D eigenvalue weighted by atomic mass is 35.5. The largest absolute Gasteiger partial charge is 0.330 e. The highest BCUT2D eigenvalue weighted by molar-refractivity contribution is 6.25. The number of nitrogens with two attached hydrogens (primary N) is 1. The van der Waals surface area contributed by atoms with Crippen molar-refractivity contribution in [3.05, 3.63) is 11.1 Å². The van der Waals surface area contributed by atoms with Gasteiger partial charge in [-0.1, -0.05) is 11.6 Å². The smallest absolute Gasteiger partial charge is 0.0201 e. The van der Waals surface area contributed by atoms with E-state index >= 15 is 0 Å². The first-order valence-electron chi connectivity index (χ1n) is 4.44. The topological polar surface area (TPSA) is 29.3 Å². The van der Waals surface area contributed by atoms with E-state index in [0.29, 0.717) is 5.92 Å². The molecule has 1 atom stereocenters. The third kappa shape index (κ3) is 2.77. The Morgan fingerprint density at radius 2 is 2.50 bits per heavy atom. The number of hydrogen-bond acceptors (Lipinski definition) is 2. The maximum Gasteiger partial charge on any atom is 0.0201 e. The maximum absolute atomic E-state index is 5.59. The van der Waals surface area contributed by atoms with Gasteiger partial charge in [0.1, 0.15) is 0 Å². The van der Waals surface area contributed by atoms with Crippen LogP contribution in [0.25, 0.3) is 0 Å². The van der Waals surface area contributed by atoms with E-state index in [1.807, 2.05) is 0 Å². The summed E-state index contributed by atoms with van der Waals surface area (Å²) in [5, 5.41) is 0. The molecule has 12 heavy (non-hydrogen) atoms. The second-order valence-corrected chi connectivity index (χ2v) is 3.80. The molecule has 0 spiro atoms. The summed E-state index contributed by atoms with van der Waals surface area (Å²) in [4.78, 5) is 2.41. The van der Waals surface area contributed by atoms with Gasteiger partial charge in [-0.2, -0.15) is 0 Å². The Morgan fingerprint density at radius 3 is 3.00 bits per heavy atom. The van der Waals surface area contributed by atoms with E-state index in [-0.39, 0.29) is 0 Å². The molecule has 0 radical (unpaired) electrons. The molecule has 1 saturated heterocycles. The van der Waals surface area contributed by atoms with Gasteiger partial charge in [0.15, 0.2) is 0 Å². The van der Waals surface area contributed by atoms with Crippen LogP contribution in [-0.2, 0) is 0 Å². The van der Waals surface area contributed by atoms with Gasteiger partial charge in [-0.25, -0.2) is 0 Å². The zero-order valence-electron chi connectivity index (χ0n) is 7.59. The molecule has 1 rings (SSSR count).